The van der Waals surface area contributed by atoms with Gasteiger partial charge in [0, 0.05) is 17.3 Å². The molecule has 21 heavy (non-hydrogen) atoms. The molecule has 3 heteroatoms. The molecule has 2 atom stereocenters. The Balaban J connectivity index is 1.64. The molecule has 0 spiro atoms. The summed E-state index contributed by atoms with van der Waals surface area (Å²) < 4.78 is 0. The van der Waals surface area contributed by atoms with Gasteiger partial charge in [0.05, 0.1) is 0 Å². The van der Waals surface area contributed by atoms with E-state index in [9.17, 15) is 4.79 Å². The molecule has 2 N–H and O–H groups in total. The van der Waals surface area contributed by atoms with Gasteiger partial charge in [-0.25, -0.2) is 0 Å². The molecule has 2 unspecified atom stereocenters. The quantitative estimate of drug-likeness (QED) is 0.884. The van der Waals surface area contributed by atoms with E-state index >= 15 is 0 Å². The van der Waals surface area contributed by atoms with Gasteiger partial charge in [-0.2, -0.15) is 0 Å². The standard InChI is InChI=1S/C18H18N2O/c21-18-17(14-9-3-4-10-16(14)20-18)19-15-11-5-7-12-6-1-2-8-13(12)15/h1-4,6,8-10,15,17,19H,5,7,11H2,(H,20,21). The fourth-order valence-corrected chi connectivity index (χ4v) is 3.50. The number of carbonyl (C=O) groups excluding carboxylic acids is 1. The minimum Gasteiger partial charge on any atom is -0.324 e. The van der Waals surface area contributed by atoms with Gasteiger partial charge in [-0.15, -0.1) is 0 Å². The molecule has 0 saturated heterocycles. The maximum absolute atomic E-state index is 12.2. The third-order valence-electron chi connectivity index (χ3n) is 4.53. The first kappa shape index (κ1) is 12.6. The first-order valence-electron chi connectivity index (χ1n) is 7.56. The summed E-state index contributed by atoms with van der Waals surface area (Å²) in [4.78, 5) is 12.2. The third-order valence-corrected chi connectivity index (χ3v) is 4.53. The number of aryl methyl sites for hydroxylation is 1. The molecule has 0 fully saturated rings. The van der Waals surface area contributed by atoms with Gasteiger partial charge in [-0.3, -0.25) is 10.1 Å². The number of amides is 1. The SMILES string of the molecule is O=C1Nc2ccccc2C1NC1CCCc2ccccc21. The van der Waals surface area contributed by atoms with Crippen LogP contribution in [0.2, 0.25) is 0 Å². The molecule has 2 aromatic rings. The van der Waals surface area contributed by atoms with Crippen molar-refractivity contribution >= 4 is 11.6 Å². The minimum absolute atomic E-state index is 0.0549. The second kappa shape index (κ2) is 5.01. The maximum atomic E-state index is 12.2. The highest BCUT2D eigenvalue weighted by molar-refractivity contribution is 6.02. The van der Waals surface area contributed by atoms with Crippen molar-refractivity contribution in [3.63, 3.8) is 0 Å². The average Bonchev–Trinajstić information content (AvgIpc) is 2.84. The van der Waals surface area contributed by atoms with Crippen LogP contribution in [-0.2, 0) is 11.2 Å². The van der Waals surface area contributed by atoms with Crippen molar-refractivity contribution in [3.05, 3.63) is 65.2 Å². The highest BCUT2D eigenvalue weighted by Gasteiger charge is 2.33. The van der Waals surface area contributed by atoms with E-state index in [-0.39, 0.29) is 18.0 Å². The summed E-state index contributed by atoms with van der Waals surface area (Å²) in [5, 5.41) is 6.53. The van der Waals surface area contributed by atoms with Gasteiger partial charge in [0.2, 0.25) is 5.91 Å². The van der Waals surface area contributed by atoms with Gasteiger partial charge >= 0.3 is 0 Å². The fraction of sp³-hybridized carbons (Fsp3) is 0.278. The molecule has 2 aromatic carbocycles. The zero-order chi connectivity index (χ0) is 14.2. The molecule has 1 aliphatic carbocycles. The van der Waals surface area contributed by atoms with Gasteiger partial charge in [0.25, 0.3) is 0 Å². The molecule has 4 rings (SSSR count). The van der Waals surface area contributed by atoms with Crippen LogP contribution in [0.3, 0.4) is 0 Å². The van der Waals surface area contributed by atoms with Crippen LogP contribution in [-0.4, -0.2) is 5.91 Å². The lowest BCUT2D eigenvalue weighted by atomic mass is 9.87. The van der Waals surface area contributed by atoms with Crippen molar-refractivity contribution in [1.29, 1.82) is 0 Å². The zero-order valence-electron chi connectivity index (χ0n) is 11.8. The fourth-order valence-electron chi connectivity index (χ4n) is 3.50. The number of fused-ring (bicyclic) bond motifs is 2. The van der Waals surface area contributed by atoms with Crippen LogP contribution >= 0.6 is 0 Å². The molecular formula is C18H18N2O. The zero-order valence-corrected chi connectivity index (χ0v) is 11.8. The first-order valence-corrected chi connectivity index (χ1v) is 7.56. The van der Waals surface area contributed by atoms with Crippen LogP contribution in [0.25, 0.3) is 0 Å². The molecule has 106 valence electrons. The Morgan fingerprint density at radius 2 is 1.76 bits per heavy atom. The van der Waals surface area contributed by atoms with Crippen molar-refractivity contribution in [2.45, 2.75) is 31.3 Å². The molecule has 1 amide bonds. The van der Waals surface area contributed by atoms with E-state index in [0.717, 1.165) is 24.1 Å². The summed E-state index contributed by atoms with van der Waals surface area (Å²) in [5.41, 5.74) is 4.75. The Morgan fingerprint density at radius 1 is 1.00 bits per heavy atom. The van der Waals surface area contributed by atoms with Gasteiger partial charge in [-0.05, 0) is 36.5 Å². The number of hydrogen-bond acceptors (Lipinski definition) is 2. The van der Waals surface area contributed by atoms with Gasteiger partial charge < -0.3 is 5.32 Å². The molecule has 1 heterocycles. The van der Waals surface area contributed by atoms with E-state index < -0.39 is 0 Å². The van der Waals surface area contributed by atoms with E-state index in [2.05, 4.69) is 34.9 Å². The highest BCUT2D eigenvalue weighted by Crippen LogP contribution is 2.36. The largest absolute Gasteiger partial charge is 0.324 e. The summed E-state index contributed by atoms with van der Waals surface area (Å²) in [6.45, 7) is 0. The second-order valence-electron chi connectivity index (χ2n) is 5.82. The Hall–Kier alpha value is -2.13. The first-order chi connectivity index (χ1) is 10.3. The van der Waals surface area contributed by atoms with Gasteiger partial charge in [-0.1, -0.05) is 42.5 Å². The summed E-state index contributed by atoms with van der Waals surface area (Å²) in [5.74, 6) is 0.0549. The second-order valence-corrected chi connectivity index (χ2v) is 5.82. The monoisotopic (exact) mass is 278 g/mol. The molecule has 0 radical (unpaired) electrons. The molecule has 1 aliphatic heterocycles. The molecule has 0 saturated carbocycles. The lowest BCUT2D eigenvalue weighted by molar-refractivity contribution is -0.117. The van der Waals surface area contributed by atoms with Gasteiger partial charge in [0.1, 0.15) is 6.04 Å². The van der Waals surface area contributed by atoms with Crippen molar-refractivity contribution < 1.29 is 4.79 Å². The number of para-hydroxylation sites is 1. The highest BCUT2D eigenvalue weighted by atomic mass is 16.2. The van der Waals surface area contributed by atoms with Crippen molar-refractivity contribution in [1.82, 2.24) is 5.32 Å². The topological polar surface area (TPSA) is 41.1 Å². The third kappa shape index (κ3) is 2.14. The number of anilines is 1. The Bertz CT molecular complexity index is 695. The average molecular weight is 278 g/mol. The minimum atomic E-state index is -0.239. The van der Waals surface area contributed by atoms with E-state index in [0.29, 0.717) is 0 Å². The van der Waals surface area contributed by atoms with Crippen LogP contribution < -0.4 is 10.6 Å². The van der Waals surface area contributed by atoms with Crippen LogP contribution in [0.1, 0.15) is 41.6 Å². The normalized spacial score (nSPS) is 23.3. The van der Waals surface area contributed by atoms with E-state index in [4.69, 9.17) is 0 Å². The van der Waals surface area contributed by atoms with Crippen molar-refractivity contribution in [2.24, 2.45) is 0 Å². The molecule has 3 nitrogen and oxygen atoms in total. The van der Waals surface area contributed by atoms with Gasteiger partial charge in [0.15, 0.2) is 0 Å². The summed E-state index contributed by atoms with van der Waals surface area (Å²) in [7, 11) is 0. The number of carbonyl (C=O) groups is 1. The number of nitrogens with one attached hydrogen (secondary N) is 2. The Morgan fingerprint density at radius 3 is 2.67 bits per heavy atom. The van der Waals surface area contributed by atoms with Crippen LogP contribution in [0, 0.1) is 0 Å². The molecule has 2 aliphatic rings. The van der Waals surface area contributed by atoms with Crippen molar-refractivity contribution in [3.8, 4) is 0 Å². The van der Waals surface area contributed by atoms with Crippen LogP contribution in [0.4, 0.5) is 5.69 Å². The van der Waals surface area contributed by atoms with E-state index in [1.807, 2.05) is 24.3 Å². The summed E-state index contributed by atoms with van der Waals surface area (Å²) in [6.07, 6.45) is 3.40. The van der Waals surface area contributed by atoms with Crippen LogP contribution in [0.5, 0.6) is 0 Å². The predicted molar refractivity (Wildman–Crippen MR) is 83.1 cm³/mol. The van der Waals surface area contributed by atoms with E-state index in [1.54, 1.807) is 0 Å². The molecular weight excluding hydrogens is 260 g/mol. The number of hydrogen-bond donors (Lipinski definition) is 2. The lowest BCUT2D eigenvalue weighted by Gasteiger charge is -2.28. The van der Waals surface area contributed by atoms with E-state index in [1.165, 1.54) is 17.5 Å². The lowest BCUT2D eigenvalue weighted by Crippen LogP contribution is -2.33. The number of rotatable bonds is 2. The number of benzene rings is 2. The molecule has 0 bridgehead atoms. The predicted octanol–water partition coefficient (Wildman–Crippen LogP) is 3.35. The Labute approximate surface area is 124 Å². The van der Waals surface area contributed by atoms with Crippen molar-refractivity contribution in [2.75, 3.05) is 5.32 Å². The molecule has 0 aromatic heterocycles. The summed E-state index contributed by atoms with van der Waals surface area (Å²) >= 11 is 0. The smallest absolute Gasteiger partial charge is 0.246 e. The maximum Gasteiger partial charge on any atom is 0.246 e. The Kier molecular flexibility index (Phi) is 3.00. The van der Waals surface area contributed by atoms with Crippen LogP contribution in [0.15, 0.2) is 48.5 Å². The summed E-state index contributed by atoms with van der Waals surface area (Å²) in [6, 6.07) is 16.5.